The second-order valence-electron chi connectivity index (χ2n) is 3.54. The van der Waals surface area contributed by atoms with Gasteiger partial charge in [0.05, 0.1) is 0 Å². The second kappa shape index (κ2) is 4.83. The van der Waals surface area contributed by atoms with Gasteiger partial charge in [0.1, 0.15) is 5.60 Å². The largest absolute Gasteiger partial charge is 0.519 e. The van der Waals surface area contributed by atoms with E-state index in [0.29, 0.717) is 6.42 Å². The van der Waals surface area contributed by atoms with Crippen molar-refractivity contribution >= 4 is 12.3 Å². The molecule has 0 aromatic carbocycles. The number of hydrogen-bond acceptors (Lipinski definition) is 4. The highest BCUT2D eigenvalue weighted by Gasteiger charge is 2.32. The van der Waals surface area contributed by atoms with Crippen molar-refractivity contribution in [3.05, 3.63) is 0 Å². The molecule has 0 aliphatic heterocycles. The molecular weight excluding hydrogens is 188 g/mol. The summed E-state index contributed by atoms with van der Waals surface area (Å²) >= 11 is 0. The van der Waals surface area contributed by atoms with Gasteiger partial charge in [-0.2, -0.15) is 0 Å². The lowest BCUT2D eigenvalue weighted by molar-refractivity contribution is -0.0456. The molecule has 0 rings (SSSR count). The number of ether oxygens (including phenoxy) is 2. The summed E-state index contributed by atoms with van der Waals surface area (Å²) in [7, 11) is 0. The molecule has 1 atom stereocenters. The average molecular weight is 204 g/mol. The zero-order valence-electron chi connectivity index (χ0n) is 8.86. The maximum absolute atomic E-state index is 10.9. The summed E-state index contributed by atoms with van der Waals surface area (Å²) in [5.41, 5.74) is -0.688. The maximum atomic E-state index is 10.9. The van der Waals surface area contributed by atoms with E-state index >= 15 is 0 Å². The van der Waals surface area contributed by atoms with E-state index in [1.807, 2.05) is 20.8 Å². The Hall–Kier alpha value is -1.26. The Morgan fingerprint density at radius 3 is 2.21 bits per heavy atom. The van der Waals surface area contributed by atoms with Gasteiger partial charge in [0.15, 0.2) is 0 Å². The number of rotatable bonds is 3. The van der Waals surface area contributed by atoms with Crippen molar-refractivity contribution in [2.24, 2.45) is 5.92 Å². The van der Waals surface area contributed by atoms with Crippen molar-refractivity contribution in [3.63, 3.8) is 0 Å². The molecule has 0 amide bonds. The second-order valence-corrected chi connectivity index (χ2v) is 3.54. The molecule has 0 bridgehead atoms. The van der Waals surface area contributed by atoms with Crippen molar-refractivity contribution in [1.29, 1.82) is 0 Å². The van der Waals surface area contributed by atoms with Crippen LogP contribution in [0.25, 0.3) is 0 Å². The molecule has 82 valence electrons. The highest BCUT2D eigenvalue weighted by molar-refractivity contribution is 5.75. The molecule has 14 heavy (non-hydrogen) atoms. The molecule has 0 spiro atoms. The van der Waals surface area contributed by atoms with E-state index in [9.17, 15) is 9.59 Å². The standard InChI is InChI=1S/C9H16O5/c1-5-9(4,6(2)3)14-8(12)13-7(10)11/h6H,5H2,1-4H3,(H,10,11). The first-order chi connectivity index (χ1) is 6.31. The predicted molar refractivity (Wildman–Crippen MR) is 49.1 cm³/mol. The van der Waals surface area contributed by atoms with Gasteiger partial charge >= 0.3 is 12.3 Å². The van der Waals surface area contributed by atoms with Crippen molar-refractivity contribution in [2.75, 3.05) is 0 Å². The normalized spacial score (nSPS) is 14.6. The zero-order valence-corrected chi connectivity index (χ0v) is 8.86. The van der Waals surface area contributed by atoms with Gasteiger partial charge in [-0.3, -0.25) is 0 Å². The minimum Gasteiger partial charge on any atom is -0.449 e. The number of carbonyl (C=O) groups is 2. The van der Waals surface area contributed by atoms with Gasteiger partial charge in [-0.1, -0.05) is 20.8 Å². The predicted octanol–water partition coefficient (Wildman–Crippen LogP) is 2.64. The Bertz CT molecular complexity index is 223. The Morgan fingerprint density at radius 1 is 1.43 bits per heavy atom. The Labute approximate surface area is 83.0 Å². The minimum atomic E-state index is -1.66. The van der Waals surface area contributed by atoms with Crippen molar-refractivity contribution < 1.29 is 24.2 Å². The van der Waals surface area contributed by atoms with Gasteiger partial charge < -0.3 is 14.6 Å². The van der Waals surface area contributed by atoms with Crippen LogP contribution in [0.2, 0.25) is 0 Å². The SMILES string of the molecule is CCC(C)(OC(=O)OC(=O)O)C(C)C. The lowest BCUT2D eigenvalue weighted by atomic mass is 9.90. The number of carboxylic acid groups (broad SMARTS) is 1. The summed E-state index contributed by atoms with van der Waals surface area (Å²) in [6.45, 7) is 7.36. The van der Waals surface area contributed by atoms with E-state index in [0.717, 1.165) is 0 Å². The monoisotopic (exact) mass is 204 g/mol. The first kappa shape index (κ1) is 12.7. The molecule has 5 nitrogen and oxygen atoms in total. The van der Waals surface area contributed by atoms with Crippen LogP contribution in [0.4, 0.5) is 9.59 Å². The van der Waals surface area contributed by atoms with Gasteiger partial charge in [-0.15, -0.1) is 0 Å². The highest BCUT2D eigenvalue weighted by Crippen LogP contribution is 2.25. The third kappa shape index (κ3) is 3.64. The molecule has 0 heterocycles. The van der Waals surface area contributed by atoms with Crippen LogP contribution in [0.5, 0.6) is 0 Å². The third-order valence-electron chi connectivity index (χ3n) is 2.41. The summed E-state index contributed by atoms with van der Waals surface area (Å²) in [6, 6.07) is 0. The van der Waals surface area contributed by atoms with Crippen LogP contribution >= 0.6 is 0 Å². The molecule has 0 aliphatic carbocycles. The fourth-order valence-corrected chi connectivity index (χ4v) is 0.881. The van der Waals surface area contributed by atoms with Gasteiger partial charge in [-0.05, 0) is 19.3 Å². The smallest absolute Gasteiger partial charge is 0.449 e. The summed E-state index contributed by atoms with van der Waals surface area (Å²) in [4.78, 5) is 20.9. The van der Waals surface area contributed by atoms with Crippen LogP contribution < -0.4 is 0 Å². The summed E-state index contributed by atoms with van der Waals surface area (Å²) in [5, 5.41) is 8.17. The van der Waals surface area contributed by atoms with E-state index in [1.165, 1.54) is 0 Å². The van der Waals surface area contributed by atoms with Gasteiger partial charge in [0.2, 0.25) is 0 Å². The molecule has 5 heteroatoms. The minimum absolute atomic E-state index is 0.0915. The molecular formula is C9H16O5. The van der Waals surface area contributed by atoms with E-state index in [4.69, 9.17) is 9.84 Å². The van der Waals surface area contributed by atoms with Crippen LogP contribution in [-0.2, 0) is 9.47 Å². The lowest BCUT2D eigenvalue weighted by Crippen LogP contribution is -2.37. The lowest BCUT2D eigenvalue weighted by Gasteiger charge is -2.31. The number of carbonyl (C=O) groups excluding carboxylic acids is 1. The maximum Gasteiger partial charge on any atom is 0.519 e. The quantitative estimate of drug-likeness (QED) is 0.565. The fourth-order valence-electron chi connectivity index (χ4n) is 0.881. The first-order valence-corrected chi connectivity index (χ1v) is 4.45. The van der Waals surface area contributed by atoms with Crippen LogP contribution in [-0.4, -0.2) is 23.0 Å². The van der Waals surface area contributed by atoms with Crippen molar-refractivity contribution in [3.8, 4) is 0 Å². The van der Waals surface area contributed by atoms with Gasteiger partial charge in [-0.25, -0.2) is 9.59 Å². The number of hydrogen-bond donors (Lipinski definition) is 1. The van der Waals surface area contributed by atoms with Crippen LogP contribution in [0.3, 0.4) is 0 Å². The topological polar surface area (TPSA) is 72.8 Å². The van der Waals surface area contributed by atoms with Crippen LogP contribution in [0.15, 0.2) is 0 Å². The van der Waals surface area contributed by atoms with Gasteiger partial charge in [0.25, 0.3) is 0 Å². The van der Waals surface area contributed by atoms with E-state index in [1.54, 1.807) is 6.92 Å². The summed E-state index contributed by atoms with van der Waals surface area (Å²) < 4.78 is 8.77. The Balaban J connectivity index is 4.32. The third-order valence-corrected chi connectivity index (χ3v) is 2.41. The Kier molecular flexibility index (Phi) is 4.40. The van der Waals surface area contributed by atoms with E-state index in [-0.39, 0.29) is 5.92 Å². The fraction of sp³-hybridized carbons (Fsp3) is 0.778. The molecule has 0 saturated heterocycles. The molecule has 0 aromatic heterocycles. The molecule has 0 aromatic rings. The van der Waals surface area contributed by atoms with Crippen molar-refractivity contribution in [2.45, 2.75) is 39.7 Å². The molecule has 0 fully saturated rings. The molecule has 1 N–H and O–H groups in total. The molecule has 1 unspecified atom stereocenters. The van der Waals surface area contributed by atoms with Gasteiger partial charge in [0, 0.05) is 0 Å². The zero-order chi connectivity index (χ0) is 11.4. The Morgan fingerprint density at radius 2 is 1.93 bits per heavy atom. The van der Waals surface area contributed by atoms with Crippen molar-refractivity contribution in [1.82, 2.24) is 0 Å². The first-order valence-electron chi connectivity index (χ1n) is 4.45. The van der Waals surface area contributed by atoms with E-state index < -0.39 is 17.9 Å². The average Bonchev–Trinajstić information content (AvgIpc) is 2.01. The summed E-state index contributed by atoms with van der Waals surface area (Å²) in [6.07, 6.45) is -2.23. The molecule has 0 radical (unpaired) electrons. The van der Waals surface area contributed by atoms with Crippen LogP contribution in [0, 0.1) is 5.92 Å². The van der Waals surface area contributed by atoms with Crippen LogP contribution in [0.1, 0.15) is 34.1 Å². The highest BCUT2D eigenvalue weighted by atomic mass is 16.8. The molecule has 0 saturated carbocycles. The molecule has 0 aliphatic rings. The van der Waals surface area contributed by atoms with E-state index in [2.05, 4.69) is 4.74 Å². The summed E-state index contributed by atoms with van der Waals surface area (Å²) in [5.74, 6) is 0.0915.